The molecule has 1 aromatic heterocycles. The molecule has 1 aliphatic heterocycles. The SMILES string of the molecule is CC[C@H]1OC(=O)[C@H](C)C(=O)[C@H](C)[C@@H](C)C(C)(C)OC/C(=N/OCC#Cc2cccc(N)n2)CC[C@H]([C@@H](C)C(=NC(C)=O)C(C)C)[C@]1(C)O. The van der Waals surface area contributed by atoms with Crippen LogP contribution in [0.3, 0.4) is 0 Å². The molecule has 0 saturated carbocycles. The van der Waals surface area contributed by atoms with Crippen molar-refractivity contribution in [2.45, 2.75) is 113 Å². The standard InChI is InChI=1S/C37H56N4O7/c1-12-31-37(11,45)30(24(5)33(22(2)3)39-27(8)42)19-18-29(41-47-20-14-16-28-15-13-17-32(38)40-28)21-46-36(9,10)26(7)23(4)34(43)25(6)35(44)48-31/h13,15,17,22-26,30-31,45H,12,18-21H2,1-11H3,(H2,38,40)/b39-33?,41-29+/t23-,24-,25-,26-,30-,31-,37+/m1/s1. The van der Waals surface area contributed by atoms with E-state index in [9.17, 15) is 19.5 Å². The van der Waals surface area contributed by atoms with Crippen LogP contribution in [-0.4, -0.2) is 69.7 Å². The highest BCUT2D eigenvalue weighted by molar-refractivity contribution is 6.00. The second-order valence-electron chi connectivity index (χ2n) is 14.0. The number of Topliss-reactive ketones (excluding diaryl/α,β-unsaturated/α-hetero) is 1. The van der Waals surface area contributed by atoms with E-state index < -0.39 is 41.0 Å². The van der Waals surface area contributed by atoms with Crippen molar-refractivity contribution >= 4 is 34.9 Å². The zero-order valence-corrected chi connectivity index (χ0v) is 30.6. The maximum atomic E-state index is 13.5. The molecule has 7 atom stereocenters. The summed E-state index contributed by atoms with van der Waals surface area (Å²) < 4.78 is 12.4. The fourth-order valence-corrected chi connectivity index (χ4v) is 6.32. The van der Waals surface area contributed by atoms with Crippen molar-refractivity contribution in [2.75, 3.05) is 18.9 Å². The lowest BCUT2D eigenvalue weighted by molar-refractivity contribution is -0.178. The molecule has 11 nitrogen and oxygen atoms in total. The van der Waals surface area contributed by atoms with E-state index in [4.69, 9.17) is 20.0 Å². The fraction of sp³-hybridized carbons (Fsp3) is 0.676. The Bertz CT molecular complexity index is 1410. The molecule has 2 rings (SSSR count). The molecular formula is C37H56N4O7. The number of carbonyl (C=O) groups is 3. The fourth-order valence-electron chi connectivity index (χ4n) is 6.32. The molecule has 0 unspecified atom stereocenters. The van der Waals surface area contributed by atoms with Crippen molar-refractivity contribution in [1.29, 1.82) is 0 Å². The summed E-state index contributed by atoms with van der Waals surface area (Å²) in [5, 5.41) is 16.7. The number of anilines is 1. The van der Waals surface area contributed by atoms with Crippen LogP contribution < -0.4 is 5.73 Å². The van der Waals surface area contributed by atoms with Gasteiger partial charge in [-0.2, -0.15) is 0 Å². The van der Waals surface area contributed by atoms with E-state index in [-0.39, 0.29) is 42.7 Å². The lowest BCUT2D eigenvalue weighted by Crippen LogP contribution is -2.52. The normalized spacial score (nSPS) is 29.2. The average Bonchev–Trinajstić information content (AvgIpc) is 3.01. The third kappa shape index (κ3) is 11.0. The van der Waals surface area contributed by atoms with Gasteiger partial charge in [-0.1, -0.05) is 58.7 Å². The topological polar surface area (TPSA) is 163 Å². The van der Waals surface area contributed by atoms with Gasteiger partial charge in [-0.3, -0.25) is 14.4 Å². The van der Waals surface area contributed by atoms with Gasteiger partial charge in [-0.05, 0) is 82.8 Å². The molecule has 11 heteroatoms. The van der Waals surface area contributed by atoms with Gasteiger partial charge in [0.25, 0.3) is 0 Å². The molecule has 266 valence electrons. The van der Waals surface area contributed by atoms with Crippen molar-refractivity contribution in [3.05, 3.63) is 23.9 Å². The number of oxime groups is 1. The van der Waals surface area contributed by atoms with E-state index in [2.05, 4.69) is 27.0 Å². The van der Waals surface area contributed by atoms with Crippen LogP contribution in [-0.2, 0) is 28.7 Å². The quantitative estimate of drug-likeness (QED) is 0.101. The summed E-state index contributed by atoms with van der Waals surface area (Å²) in [6.07, 6.45) is 0.0882. The summed E-state index contributed by atoms with van der Waals surface area (Å²) in [4.78, 5) is 53.2. The van der Waals surface area contributed by atoms with Crippen LogP contribution in [0.5, 0.6) is 0 Å². The van der Waals surface area contributed by atoms with E-state index in [1.165, 1.54) is 6.92 Å². The minimum absolute atomic E-state index is 0.0165. The summed E-state index contributed by atoms with van der Waals surface area (Å²) in [5.41, 5.74) is 5.11. The van der Waals surface area contributed by atoms with Gasteiger partial charge in [0.15, 0.2) is 6.61 Å². The third-order valence-electron chi connectivity index (χ3n) is 9.73. The molecule has 1 aromatic rings. The van der Waals surface area contributed by atoms with Crippen molar-refractivity contribution in [2.24, 2.45) is 45.7 Å². The van der Waals surface area contributed by atoms with Crippen LogP contribution in [0, 0.1) is 47.3 Å². The van der Waals surface area contributed by atoms with E-state index >= 15 is 0 Å². The number of amides is 1. The summed E-state index contributed by atoms with van der Waals surface area (Å²) in [6.45, 7) is 19.8. The first-order valence-corrected chi connectivity index (χ1v) is 16.9. The molecule has 0 spiro atoms. The Morgan fingerprint density at radius 3 is 2.44 bits per heavy atom. The first-order chi connectivity index (χ1) is 22.3. The zero-order chi connectivity index (χ0) is 36.4. The molecule has 1 saturated heterocycles. The van der Waals surface area contributed by atoms with Crippen LogP contribution in [0.2, 0.25) is 0 Å². The maximum absolute atomic E-state index is 13.5. The highest BCUT2D eigenvalue weighted by Crippen LogP contribution is 2.38. The Morgan fingerprint density at radius 2 is 1.85 bits per heavy atom. The second kappa shape index (κ2) is 17.7. The minimum atomic E-state index is -1.57. The smallest absolute Gasteiger partial charge is 0.316 e. The number of nitrogens with zero attached hydrogens (tertiary/aromatic N) is 3. The van der Waals surface area contributed by atoms with Gasteiger partial charge in [0.1, 0.15) is 34.9 Å². The van der Waals surface area contributed by atoms with Crippen molar-refractivity contribution in [3.63, 3.8) is 0 Å². The predicted octanol–water partition coefficient (Wildman–Crippen LogP) is 5.42. The van der Waals surface area contributed by atoms with Crippen LogP contribution in [0.15, 0.2) is 28.3 Å². The number of pyridine rings is 1. The van der Waals surface area contributed by atoms with Gasteiger partial charge in [-0.15, -0.1) is 0 Å². The Kier molecular flexibility index (Phi) is 14.9. The molecule has 1 aliphatic rings. The minimum Gasteiger partial charge on any atom is -0.459 e. The summed E-state index contributed by atoms with van der Waals surface area (Å²) in [6, 6.07) is 5.19. The molecule has 0 aromatic carbocycles. The molecule has 3 N–H and O–H groups in total. The molecule has 2 heterocycles. The number of ketones is 1. The number of hydrogen-bond donors (Lipinski definition) is 2. The predicted molar refractivity (Wildman–Crippen MR) is 187 cm³/mol. The molecule has 48 heavy (non-hydrogen) atoms. The van der Waals surface area contributed by atoms with Gasteiger partial charge in [0.05, 0.1) is 17.9 Å². The average molecular weight is 669 g/mol. The second-order valence-corrected chi connectivity index (χ2v) is 14.0. The number of hydrogen-bond acceptors (Lipinski definition) is 10. The molecular weight excluding hydrogens is 612 g/mol. The number of carbonyl (C=O) groups excluding carboxylic acids is 3. The highest BCUT2D eigenvalue weighted by atomic mass is 16.6. The Labute approximate surface area is 286 Å². The number of ether oxygens (including phenoxy) is 2. The van der Waals surface area contributed by atoms with Crippen molar-refractivity contribution in [1.82, 2.24) is 4.98 Å². The lowest BCUT2D eigenvalue weighted by atomic mass is 9.70. The largest absolute Gasteiger partial charge is 0.459 e. The third-order valence-corrected chi connectivity index (χ3v) is 9.73. The van der Waals surface area contributed by atoms with Gasteiger partial charge in [0, 0.05) is 24.5 Å². The Morgan fingerprint density at radius 1 is 1.19 bits per heavy atom. The Balaban J connectivity index is 2.60. The van der Waals surface area contributed by atoms with Crippen LogP contribution in [0.4, 0.5) is 5.82 Å². The number of cyclic esters (lactones) is 1. The van der Waals surface area contributed by atoms with E-state index in [0.29, 0.717) is 42.2 Å². The molecule has 1 amide bonds. The number of esters is 1. The van der Waals surface area contributed by atoms with E-state index in [0.717, 1.165) is 0 Å². The van der Waals surface area contributed by atoms with Gasteiger partial charge >= 0.3 is 5.97 Å². The molecule has 0 radical (unpaired) electrons. The van der Waals surface area contributed by atoms with Gasteiger partial charge in [-0.25, -0.2) is 9.98 Å². The number of aliphatic hydroxyl groups is 1. The first kappa shape index (κ1) is 40.6. The maximum Gasteiger partial charge on any atom is 0.316 e. The lowest BCUT2D eigenvalue weighted by Gasteiger charge is -2.42. The van der Waals surface area contributed by atoms with Crippen LogP contribution in [0.1, 0.15) is 101 Å². The van der Waals surface area contributed by atoms with Crippen molar-refractivity contribution < 1.29 is 33.8 Å². The Hall–Kier alpha value is -3.62. The number of nitrogen functional groups attached to an aromatic ring is 1. The number of nitrogens with two attached hydrogens (primary N) is 1. The number of rotatable bonds is 6. The van der Waals surface area contributed by atoms with Gasteiger partial charge in [0.2, 0.25) is 5.91 Å². The van der Waals surface area contributed by atoms with E-state index in [1.54, 1.807) is 39.0 Å². The van der Waals surface area contributed by atoms with Crippen LogP contribution in [0.25, 0.3) is 0 Å². The number of aliphatic imine (C=N–C) groups is 1. The summed E-state index contributed by atoms with van der Waals surface area (Å²) in [5.74, 6) is 2.03. The first-order valence-electron chi connectivity index (χ1n) is 16.9. The molecule has 0 aliphatic carbocycles. The monoisotopic (exact) mass is 668 g/mol. The summed E-state index contributed by atoms with van der Waals surface area (Å²) in [7, 11) is 0. The molecule has 1 fully saturated rings. The highest BCUT2D eigenvalue weighted by Gasteiger charge is 2.47. The number of aromatic nitrogens is 1. The zero-order valence-electron chi connectivity index (χ0n) is 30.6. The van der Waals surface area contributed by atoms with E-state index in [1.807, 2.05) is 48.5 Å². The summed E-state index contributed by atoms with van der Waals surface area (Å²) >= 11 is 0. The van der Waals surface area contributed by atoms with Gasteiger partial charge < -0.3 is 25.2 Å². The molecule has 0 bridgehead atoms. The van der Waals surface area contributed by atoms with Crippen molar-refractivity contribution in [3.8, 4) is 11.8 Å². The van der Waals surface area contributed by atoms with Crippen LogP contribution >= 0.6 is 0 Å².